The van der Waals surface area contributed by atoms with Crippen LogP contribution >= 0.6 is 11.3 Å². The molecule has 0 aliphatic carbocycles. The average molecular weight is 328 g/mol. The van der Waals surface area contributed by atoms with E-state index in [9.17, 15) is 0 Å². The summed E-state index contributed by atoms with van der Waals surface area (Å²) in [6.07, 6.45) is 2.25. The average Bonchev–Trinajstić information content (AvgIpc) is 3.09. The number of aromatic nitrogens is 3. The van der Waals surface area contributed by atoms with E-state index in [1.54, 1.807) is 11.3 Å². The van der Waals surface area contributed by atoms with Crippen LogP contribution in [0.3, 0.4) is 0 Å². The van der Waals surface area contributed by atoms with Crippen molar-refractivity contribution in [3.05, 3.63) is 40.5 Å². The van der Waals surface area contributed by atoms with E-state index < -0.39 is 0 Å². The van der Waals surface area contributed by atoms with Gasteiger partial charge in [0.25, 0.3) is 0 Å². The maximum atomic E-state index is 5.92. The summed E-state index contributed by atoms with van der Waals surface area (Å²) in [6, 6.07) is 8.41. The van der Waals surface area contributed by atoms with Gasteiger partial charge in [0, 0.05) is 17.5 Å². The summed E-state index contributed by atoms with van der Waals surface area (Å²) in [5, 5.41) is 5.99. The second-order valence-corrected chi connectivity index (χ2v) is 7.09. The number of hydrogen-bond donors (Lipinski definition) is 1. The third kappa shape index (κ3) is 2.91. The number of aryl methyl sites for hydroxylation is 1. The maximum absolute atomic E-state index is 5.92. The molecule has 3 rings (SSSR count). The van der Waals surface area contributed by atoms with E-state index in [1.165, 1.54) is 5.01 Å². The Morgan fingerprint density at radius 2 is 1.83 bits per heavy atom. The molecule has 2 N–H and O–H groups in total. The molecule has 1 atom stereocenters. The molecule has 0 aliphatic rings. The van der Waals surface area contributed by atoms with Crippen molar-refractivity contribution in [2.75, 3.05) is 0 Å². The monoisotopic (exact) mass is 328 g/mol. The molecule has 0 amide bonds. The first-order valence-electron chi connectivity index (χ1n) is 8.27. The SMILES string of the molecule is CCC(CC)c1nn2c(C)c(-c3ccc(C(C)N)cc3)nc2s1. The van der Waals surface area contributed by atoms with Crippen molar-refractivity contribution in [3.8, 4) is 11.3 Å². The highest BCUT2D eigenvalue weighted by Crippen LogP contribution is 2.31. The number of nitrogens with two attached hydrogens (primary N) is 1. The molecule has 0 radical (unpaired) electrons. The third-order valence-corrected chi connectivity index (χ3v) is 5.56. The molecule has 1 unspecified atom stereocenters. The number of rotatable bonds is 5. The second kappa shape index (κ2) is 6.42. The number of nitrogens with zero attached hydrogens (tertiary/aromatic N) is 3. The quantitative estimate of drug-likeness (QED) is 0.739. The van der Waals surface area contributed by atoms with Gasteiger partial charge in [-0.25, -0.2) is 9.50 Å². The number of hydrogen-bond acceptors (Lipinski definition) is 4. The summed E-state index contributed by atoms with van der Waals surface area (Å²) in [4.78, 5) is 5.80. The fourth-order valence-corrected chi connectivity index (χ4v) is 4.10. The summed E-state index contributed by atoms with van der Waals surface area (Å²) in [6.45, 7) is 8.52. The van der Waals surface area contributed by atoms with E-state index in [0.29, 0.717) is 5.92 Å². The van der Waals surface area contributed by atoms with Gasteiger partial charge < -0.3 is 5.73 Å². The van der Waals surface area contributed by atoms with Crippen molar-refractivity contribution in [3.63, 3.8) is 0 Å². The van der Waals surface area contributed by atoms with E-state index in [4.69, 9.17) is 15.8 Å². The van der Waals surface area contributed by atoms with E-state index in [1.807, 2.05) is 11.4 Å². The summed E-state index contributed by atoms with van der Waals surface area (Å²) < 4.78 is 1.99. The van der Waals surface area contributed by atoms with Crippen molar-refractivity contribution < 1.29 is 0 Å². The Hall–Kier alpha value is -1.72. The lowest BCUT2D eigenvalue weighted by atomic mass is 10.0. The van der Waals surface area contributed by atoms with Crippen molar-refractivity contribution >= 4 is 16.3 Å². The van der Waals surface area contributed by atoms with Gasteiger partial charge in [0.15, 0.2) is 0 Å². The lowest BCUT2D eigenvalue weighted by Gasteiger charge is -2.07. The molecule has 3 aromatic rings. The molecule has 23 heavy (non-hydrogen) atoms. The smallest absolute Gasteiger partial charge is 0.212 e. The molecule has 2 aromatic heterocycles. The number of benzene rings is 1. The highest BCUT2D eigenvalue weighted by atomic mass is 32.1. The van der Waals surface area contributed by atoms with Gasteiger partial charge in [0.2, 0.25) is 4.96 Å². The van der Waals surface area contributed by atoms with Crippen LogP contribution in [-0.4, -0.2) is 14.6 Å². The van der Waals surface area contributed by atoms with E-state index in [-0.39, 0.29) is 6.04 Å². The van der Waals surface area contributed by atoms with Gasteiger partial charge in [-0.05, 0) is 32.3 Å². The molecule has 4 nitrogen and oxygen atoms in total. The normalized spacial score (nSPS) is 13.1. The standard InChI is InChI=1S/C18H24N4S/c1-5-13(6-2)17-21-22-12(4)16(20-18(22)23-17)15-9-7-14(8-10-15)11(3)19/h7-11,13H,5-6,19H2,1-4H3. The van der Waals surface area contributed by atoms with Gasteiger partial charge in [-0.15, -0.1) is 0 Å². The zero-order chi connectivity index (χ0) is 16.6. The Morgan fingerprint density at radius 1 is 1.17 bits per heavy atom. The lowest BCUT2D eigenvalue weighted by Crippen LogP contribution is -2.04. The van der Waals surface area contributed by atoms with Crippen LogP contribution in [0.1, 0.15) is 61.8 Å². The molecule has 0 fully saturated rings. The molecule has 122 valence electrons. The lowest BCUT2D eigenvalue weighted by molar-refractivity contribution is 0.624. The Bertz CT molecular complexity index is 794. The first kappa shape index (κ1) is 16.1. The van der Waals surface area contributed by atoms with Crippen LogP contribution in [0, 0.1) is 6.92 Å². The topological polar surface area (TPSA) is 56.2 Å². The molecule has 1 aromatic carbocycles. The van der Waals surface area contributed by atoms with E-state index >= 15 is 0 Å². The Morgan fingerprint density at radius 3 is 2.35 bits per heavy atom. The highest BCUT2D eigenvalue weighted by Gasteiger charge is 2.18. The Kier molecular flexibility index (Phi) is 4.50. The van der Waals surface area contributed by atoms with Crippen LogP contribution in [0.5, 0.6) is 0 Å². The molecular weight excluding hydrogens is 304 g/mol. The summed E-state index contributed by atoms with van der Waals surface area (Å²) >= 11 is 1.71. The first-order valence-corrected chi connectivity index (χ1v) is 9.08. The molecule has 5 heteroatoms. The van der Waals surface area contributed by atoms with Crippen molar-refractivity contribution in [2.24, 2.45) is 5.73 Å². The zero-order valence-electron chi connectivity index (χ0n) is 14.2. The number of imidazole rings is 1. The van der Waals surface area contributed by atoms with Gasteiger partial charge in [-0.2, -0.15) is 5.10 Å². The molecule has 0 saturated carbocycles. The molecule has 0 saturated heterocycles. The van der Waals surface area contributed by atoms with E-state index in [2.05, 4.69) is 45.0 Å². The molecule has 0 bridgehead atoms. The van der Waals surface area contributed by atoms with E-state index in [0.717, 1.165) is 40.3 Å². The van der Waals surface area contributed by atoms with Gasteiger partial charge in [-0.1, -0.05) is 49.4 Å². The largest absolute Gasteiger partial charge is 0.324 e. The molecule has 0 aliphatic heterocycles. The summed E-state index contributed by atoms with van der Waals surface area (Å²) in [5.41, 5.74) is 10.3. The number of fused-ring (bicyclic) bond motifs is 1. The predicted molar refractivity (Wildman–Crippen MR) is 97.0 cm³/mol. The zero-order valence-corrected chi connectivity index (χ0v) is 15.0. The highest BCUT2D eigenvalue weighted by molar-refractivity contribution is 7.16. The van der Waals surface area contributed by atoms with Gasteiger partial charge in [0.1, 0.15) is 5.01 Å². The Labute approximate surface area is 141 Å². The minimum absolute atomic E-state index is 0.0554. The molecular formula is C18H24N4S. The van der Waals surface area contributed by atoms with Crippen molar-refractivity contribution in [1.82, 2.24) is 14.6 Å². The van der Waals surface area contributed by atoms with Crippen LogP contribution in [0.15, 0.2) is 24.3 Å². The Balaban J connectivity index is 1.99. The van der Waals surface area contributed by atoms with Crippen LogP contribution < -0.4 is 5.73 Å². The maximum Gasteiger partial charge on any atom is 0.212 e. The van der Waals surface area contributed by atoms with Crippen LogP contribution in [0.4, 0.5) is 0 Å². The predicted octanol–water partition coefficient (Wildman–Crippen LogP) is 4.69. The summed E-state index contributed by atoms with van der Waals surface area (Å²) in [5.74, 6) is 0.537. The minimum atomic E-state index is 0.0554. The minimum Gasteiger partial charge on any atom is -0.324 e. The first-order chi connectivity index (χ1) is 11.0. The van der Waals surface area contributed by atoms with Crippen LogP contribution in [-0.2, 0) is 0 Å². The van der Waals surface area contributed by atoms with Crippen molar-refractivity contribution in [2.45, 2.75) is 52.5 Å². The second-order valence-electron chi connectivity index (χ2n) is 6.10. The molecule has 2 heterocycles. The molecule has 0 spiro atoms. The fourth-order valence-electron chi connectivity index (χ4n) is 2.88. The van der Waals surface area contributed by atoms with Gasteiger partial charge >= 0.3 is 0 Å². The van der Waals surface area contributed by atoms with Crippen molar-refractivity contribution in [1.29, 1.82) is 0 Å². The van der Waals surface area contributed by atoms with Gasteiger partial charge in [-0.3, -0.25) is 0 Å². The van der Waals surface area contributed by atoms with Gasteiger partial charge in [0.05, 0.1) is 11.4 Å². The summed E-state index contributed by atoms with van der Waals surface area (Å²) in [7, 11) is 0. The van der Waals surface area contributed by atoms with Crippen LogP contribution in [0.2, 0.25) is 0 Å². The van der Waals surface area contributed by atoms with Crippen LogP contribution in [0.25, 0.3) is 16.2 Å². The fraction of sp³-hybridized carbons (Fsp3) is 0.444. The third-order valence-electron chi connectivity index (χ3n) is 4.49.